The Bertz CT molecular complexity index is 73.7. The van der Waals surface area contributed by atoms with E-state index in [9.17, 15) is 4.79 Å². The Hall–Kier alpha value is -0.0900. The summed E-state index contributed by atoms with van der Waals surface area (Å²) in [6.45, 7) is 0.407. The summed E-state index contributed by atoms with van der Waals surface area (Å²) in [7, 11) is 1.53. The average Bonchev–Trinajstić information content (AvgIpc) is 1.83. The van der Waals surface area contributed by atoms with E-state index in [0.717, 1.165) is 0 Å². The molecule has 0 amide bonds. The van der Waals surface area contributed by atoms with E-state index in [4.69, 9.17) is 0 Å². The van der Waals surface area contributed by atoms with Gasteiger partial charge in [0.25, 0.3) is 0 Å². The summed E-state index contributed by atoms with van der Waals surface area (Å²) in [6.07, 6.45) is 0.293. The molecule has 0 saturated heterocycles. The molecular formula is C4H7BrO3. The van der Waals surface area contributed by atoms with E-state index >= 15 is 0 Å². The fourth-order valence-corrected chi connectivity index (χ4v) is 0.386. The maximum Gasteiger partial charge on any atom is 0.319 e. The highest BCUT2D eigenvalue weighted by atomic mass is 79.9. The average molecular weight is 183 g/mol. The third-order valence-electron chi connectivity index (χ3n) is 0.596. The number of hydrogen-bond acceptors (Lipinski definition) is 3. The molecule has 0 aromatic carbocycles. The maximum absolute atomic E-state index is 10.2. The molecule has 48 valence electrons. The number of methoxy groups -OCH3 is 1. The summed E-state index contributed by atoms with van der Waals surface area (Å²) in [5.74, 6) is -0.313. The van der Waals surface area contributed by atoms with Crippen molar-refractivity contribution in [3.05, 3.63) is 0 Å². The van der Waals surface area contributed by atoms with Crippen LogP contribution in [0.4, 0.5) is 0 Å². The second-order valence-corrected chi connectivity index (χ2v) is 1.52. The van der Waals surface area contributed by atoms with Crippen LogP contribution in [0.5, 0.6) is 0 Å². The standard InChI is InChI=1S/C4H7BrO3/c1-7-3-2-4(6)8-5/h2-3H2,1H3. The summed E-state index contributed by atoms with van der Waals surface area (Å²) in [5.41, 5.74) is 0. The van der Waals surface area contributed by atoms with Crippen molar-refractivity contribution in [3.8, 4) is 0 Å². The Morgan fingerprint density at radius 3 is 2.75 bits per heavy atom. The van der Waals surface area contributed by atoms with Crippen LogP contribution in [0.15, 0.2) is 0 Å². The molecule has 0 aromatic rings. The number of halogens is 1. The molecule has 0 aliphatic rings. The number of ether oxygens (including phenoxy) is 1. The number of rotatable bonds is 3. The van der Waals surface area contributed by atoms with Gasteiger partial charge in [0, 0.05) is 7.11 Å². The highest BCUT2D eigenvalue weighted by Crippen LogP contribution is 1.90. The van der Waals surface area contributed by atoms with Crippen LogP contribution in [-0.2, 0) is 13.4 Å². The molecule has 0 aromatic heterocycles. The van der Waals surface area contributed by atoms with E-state index in [1.54, 1.807) is 0 Å². The zero-order chi connectivity index (χ0) is 6.41. The van der Waals surface area contributed by atoms with E-state index in [2.05, 4.69) is 24.8 Å². The molecule has 0 aliphatic heterocycles. The van der Waals surface area contributed by atoms with Crippen LogP contribution in [0.25, 0.3) is 0 Å². The smallest absolute Gasteiger partial charge is 0.319 e. The first-order valence-corrected chi connectivity index (χ1v) is 2.76. The second kappa shape index (κ2) is 5.05. The van der Waals surface area contributed by atoms with E-state index in [1.807, 2.05) is 0 Å². The lowest BCUT2D eigenvalue weighted by molar-refractivity contribution is -0.133. The lowest BCUT2D eigenvalue weighted by Gasteiger charge is -1.92. The SMILES string of the molecule is COCCC(=O)OBr. The minimum Gasteiger partial charge on any atom is -0.384 e. The second-order valence-electron chi connectivity index (χ2n) is 1.19. The normalized spacial score (nSPS) is 8.75. The van der Waals surface area contributed by atoms with Gasteiger partial charge in [0.2, 0.25) is 0 Å². The van der Waals surface area contributed by atoms with Crippen molar-refractivity contribution in [1.82, 2.24) is 0 Å². The molecule has 0 atom stereocenters. The molecule has 4 heteroatoms. The van der Waals surface area contributed by atoms with E-state index in [0.29, 0.717) is 13.0 Å². The van der Waals surface area contributed by atoms with Gasteiger partial charge < -0.3 is 8.57 Å². The Balaban J connectivity index is 2.99. The third-order valence-corrected chi connectivity index (χ3v) is 0.957. The molecule has 0 fully saturated rings. The molecule has 0 unspecified atom stereocenters. The fraction of sp³-hybridized carbons (Fsp3) is 0.750. The molecule has 0 radical (unpaired) electrons. The first-order chi connectivity index (χ1) is 3.81. The number of carbonyl (C=O) groups excluding carboxylic acids is 1. The zero-order valence-corrected chi connectivity index (χ0v) is 6.10. The highest BCUT2D eigenvalue weighted by molar-refractivity contribution is 9.06. The van der Waals surface area contributed by atoms with Gasteiger partial charge in [0.05, 0.1) is 13.0 Å². The van der Waals surface area contributed by atoms with Crippen molar-refractivity contribution in [3.63, 3.8) is 0 Å². The lowest BCUT2D eigenvalue weighted by Crippen LogP contribution is -2.00. The van der Waals surface area contributed by atoms with E-state index < -0.39 is 0 Å². The van der Waals surface area contributed by atoms with Gasteiger partial charge in [0.1, 0.15) is 0 Å². The third kappa shape index (κ3) is 4.08. The van der Waals surface area contributed by atoms with Crippen LogP contribution < -0.4 is 0 Å². The molecule has 0 bridgehead atoms. The summed E-state index contributed by atoms with van der Waals surface area (Å²) >= 11 is 2.54. The Kier molecular flexibility index (Phi) is 5.00. The zero-order valence-electron chi connectivity index (χ0n) is 4.52. The molecule has 8 heavy (non-hydrogen) atoms. The van der Waals surface area contributed by atoms with Gasteiger partial charge in [0.15, 0.2) is 16.3 Å². The summed E-state index contributed by atoms with van der Waals surface area (Å²) in [5, 5.41) is 0. The van der Waals surface area contributed by atoms with E-state index in [1.165, 1.54) is 7.11 Å². The van der Waals surface area contributed by atoms with Gasteiger partial charge in [-0.2, -0.15) is 0 Å². The Labute approximate surface area is 56.4 Å². The van der Waals surface area contributed by atoms with Gasteiger partial charge in [-0.3, -0.25) is 4.79 Å². The Morgan fingerprint density at radius 1 is 1.75 bits per heavy atom. The highest BCUT2D eigenvalue weighted by Gasteiger charge is 1.97. The minimum atomic E-state index is -0.313. The Morgan fingerprint density at radius 2 is 2.38 bits per heavy atom. The van der Waals surface area contributed by atoms with Gasteiger partial charge >= 0.3 is 5.97 Å². The van der Waals surface area contributed by atoms with E-state index in [-0.39, 0.29) is 5.97 Å². The first kappa shape index (κ1) is 7.91. The molecule has 0 heterocycles. The largest absolute Gasteiger partial charge is 0.384 e. The van der Waals surface area contributed by atoms with Crippen LogP contribution in [0.3, 0.4) is 0 Å². The number of hydrogen-bond donors (Lipinski definition) is 0. The summed E-state index contributed by atoms with van der Waals surface area (Å²) in [4.78, 5) is 10.2. The van der Waals surface area contributed by atoms with Crippen molar-refractivity contribution in [2.24, 2.45) is 0 Å². The molecule has 0 N–H and O–H groups in total. The predicted molar refractivity (Wildman–Crippen MR) is 31.5 cm³/mol. The maximum atomic E-state index is 10.2. The van der Waals surface area contributed by atoms with Crippen LogP contribution in [0.1, 0.15) is 6.42 Å². The van der Waals surface area contributed by atoms with Crippen molar-refractivity contribution >= 4 is 22.2 Å². The predicted octanol–water partition coefficient (Wildman–Crippen LogP) is 0.876. The molecular weight excluding hydrogens is 176 g/mol. The van der Waals surface area contributed by atoms with Crippen LogP contribution >= 0.6 is 16.3 Å². The van der Waals surface area contributed by atoms with Crippen LogP contribution in [-0.4, -0.2) is 19.7 Å². The quantitative estimate of drug-likeness (QED) is 0.651. The molecule has 0 rings (SSSR count). The monoisotopic (exact) mass is 182 g/mol. The van der Waals surface area contributed by atoms with Crippen molar-refractivity contribution in [1.29, 1.82) is 0 Å². The molecule has 0 aliphatic carbocycles. The van der Waals surface area contributed by atoms with Gasteiger partial charge in [-0.15, -0.1) is 0 Å². The van der Waals surface area contributed by atoms with Crippen molar-refractivity contribution < 1.29 is 13.4 Å². The topological polar surface area (TPSA) is 35.5 Å². The van der Waals surface area contributed by atoms with Gasteiger partial charge in [-0.25, -0.2) is 0 Å². The van der Waals surface area contributed by atoms with Crippen molar-refractivity contribution in [2.45, 2.75) is 6.42 Å². The van der Waals surface area contributed by atoms with Gasteiger partial charge in [-0.1, -0.05) is 0 Å². The van der Waals surface area contributed by atoms with Gasteiger partial charge in [-0.05, 0) is 0 Å². The first-order valence-electron chi connectivity index (χ1n) is 2.11. The summed E-state index contributed by atoms with van der Waals surface area (Å²) in [6, 6.07) is 0. The molecule has 0 spiro atoms. The lowest BCUT2D eigenvalue weighted by atomic mass is 10.5. The fourth-order valence-electron chi connectivity index (χ4n) is 0.224. The molecule has 3 nitrogen and oxygen atoms in total. The summed E-state index contributed by atoms with van der Waals surface area (Å²) < 4.78 is 8.74. The number of carbonyl (C=O) groups is 1. The van der Waals surface area contributed by atoms with Crippen LogP contribution in [0.2, 0.25) is 0 Å². The minimum absolute atomic E-state index is 0.293. The van der Waals surface area contributed by atoms with Crippen LogP contribution in [0, 0.1) is 0 Å². The van der Waals surface area contributed by atoms with Crippen molar-refractivity contribution in [2.75, 3.05) is 13.7 Å². The molecule has 0 saturated carbocycles.